The summed E-state index contributed by atoms with van der Waals surface area (Å²) in [6, 6.07) is 15.1. The molecule has 0 spiro atoms. The molecule has 0 unspecified atom stereocenters. The van der Waals surface area contributed by atoms with Crippen LogP contribution in [0.4, 0.5) is 11.4 Å². The largest absolute Gasteiger partial charge is 0.367 e. The lowest BCUT2D eigenvalue weighted by Gasteiger charge is -2.38. The summed E-state index contributed by atoms with van der Waals surface area (Å²) in [6.07, 6.45) is 0. The zero-order valence-electron chi connectivity index (χ0n) is 16.6. The number of nitrogens with zero attached hydrogens (tertiary/aromatic N) is 3. The zero-order valence-corrected chi connectivity index (χ0v) is 17.4. The Balaban J connectivity index is 1.92. The van der Waals surface area contributed by atoms with Gasteiger partial charge < -0.3 is 9.80 Å². The molecular weight excluding hydrogens is 358 g/mol. The summed E-state index contributed by atoms with van der Waals surface area (Å²) in [4.78, 5) is 4.76. The van der Waals surface area contributed by atoms with Gasteiger partial charge in [-0.15, -0.1) is 0 Å². The first kappa shape index (κ1) is 19.7. The van der Waals surface area contributed by atoms with Crippen LogP contribution in [0, 0.1) is 0 Å². The molecule has 27 heavy (non-hydrogen) atoms. The quantitative estimate of drug-likeness (QED) is 0.762. The van der Waals surface area contributed by atoms with Gasteiger partial charge in [-0.05, 0) is 49.8 Å². The lowest BCUT2D eigenvalue weighted by atomic mass is 10.0. The van der Waals surface area contributed by atoms with E-state index >= 15 is 0 Å². The van der Waals surface area contributed by atoms with Gasteiger partial charge in [-0.2, -0.15) is 0 Å². The summed E-state index contributed by atoms with van der Waals surface area (Å²) in [6.45, 7) is 7.16. The number of hydrogen-bond donors (Lipinski definition) is 0. The molecule has 0 N–H and O–H groups in total. The van der Waals surface area contributed by atoms with E-state index in [1.165, 1.54) is 0 Å². The molecular formula is C21H29N3O2S. The predicted molar refractivity (Wildman–Crippen MR) is 112 cm³/mol. The Hall–Kier alpha value is -2.05. The van der Waals surface area contributed by atoms with E-state index in [0.29, 0.717) is 23.9 Å². The maximum Gasteiger partial charge on any atom is 0.264 e. The molecule has 0 saturated heterocycles. The van der Waals surface area contributed by atoms with Crippen molar-refractivity contribution in [1.82, 2.24) is 4.90 Å². The van der Waals surface area contributed by atoms with Crippen molar-refractivity contribution in [3.8, 4) is 0 Å². The van der Waals surface area contributed by atoms with Crippen LogP contribution in [-0.2, 0) is 10.0 Å². The Kier molecular flexibility index (Phi) is 5.77. The number of anilines is 2. The van der Waals surface area contributed by atoms with Gasteiger partial charge in [0.15, 0.2) is 0 Å². The van der Waals surface area contributed by atoms with E-state index in [4.69, 9.17) is 0 Å². The predicted octanol–water partition coefficient (Wildman–Crippen LogP) is 3.39. The molecule has 0 bridgehead atoms. The fraction of sp³-hybridized carbons (Fsp3) is 0.429. The second-order valence-corrected chi connectivity index (χ2v) is 9.44. The first-order valence-corrected chi connectivity index (χ1v) is 10.9. The minimum atomic E-state index is -3.58. The fourth-order valence-corrected chi connectivity index (χ4v) is 4.82. The molecule has 6 heteroatoms. The molecule has 1 aliphatic rings. The molecule has 0 aliphatic carbocycles. The monoisotopic (exact) mass is 387 g/mol. The average Bonchev–Trinajstić information content (AvgIpc) is 2.65. The van der Waals surface area contributed by atoms with Crippen LogP contribution < -0.4 is 9.21 Å². The highest BCUT2D eigenvalue weighted by atomic mass is 32.2. The zero-order chi connectivity index (χ0) is 19.6. The number of likely N-dealkylation sites (N-methyl/N-ethyl adjacent to an activating group) is 1. The standard InChI is InChI=1S/C21H29N3O2S/c1-17(2)18-9-11-19(12-10-18)27(25,26)24-16-15-23(14-13-22(3)4)20-7-5-6-8-21(20)24/h5-12,17H,13-16H2,1-4H3. The average molecular weight is 388 g/mol. The molecule has 3 rings (SSSR count). The van der Waals surface area contributed by atoms with Gasteiger partial charge in [-0.25, -0.2) is 8.42 Å². The minimum Gasteiger partial charge on any atom is -0.367 e. The van der Waals surface area contributed by atoms with Gasteiger partial charge in [0.1, 0.15) is 0 Å². The first-order chi connectivity index (χ1) is 12.8. The third-order valence-corrected chi connectivity index (χ3v) is 6.84. The van der Waals surface area contributed by atoms with E-state index < -0.39 is 10.0 Å². The van der Waals surface area contributed by atoms with Crippen molar-refractivity contribution in [2.24, 2.45) is 0 Å². The highest BCUT2D eigenvalue weighted by Crippen LogP contribution is 2.36. The summed E-state index contributed by atoms with van der Waals surface area (Å²) in [5.74, 6) is 0.378. The fourth-order valence-electron chi connectivity index (χ4n) is 3.35. The van der Waals surface area contributed by atoms with Crippen molar-refractivity contribution in [2.45, 2.75) is 24.7 Å². The summed E-state index contributed by atoms with van der Waals surface area (Å²) in [5, 5.41) is 0. The first-order valence-electron chi connectivity index (χ1n) is 9.42. The third-order valence-electron chi connectivity index (χ3n) is 5.02. The van der Waals surface area contributed by atoms with Crippen LogP contribution in [0.15, 0.2) is 53.4 Å². The van der Waals surface area contributed by atoms with Gasteiger partial charge in [0.2, 0.25) is 0 Å². The molecule has 146 valence electrons. The second-order valence-electron chi connectivity index (χ2n) is 7.58. The SMILES string of the molecule is CC(C)c1ccc(S(=O)(=O)N2CCN(CCN(C)C)c3ccccc32)cc1. The van der Waals surface area contributed by atoms with Crippen LogP contribution in [0.2, 0.25) is 0 Å². The number of sulfonamides is 1. The molecule has 0 atom stereocenters. The number of para-hydroxylation sites is 2. The van der Waals surface area contributed by atoms with Crippen molar-refractivity contribution in [3.05, 3.63) is 54.1 Å². The normalized spacial score (nSPS) is 14.7. The van der Waals surface area contributed by atoms with Gasteiger partial charge in [0.25, 0.3) is 10.0 Å². The minimum absolute atomic E-state index is 0.350. The van der Waals surface area contributed by atoms with E-state index in [0.717, 1.165) is 30.0 Å². The summed E-state index contributed by atoms with van der Waals surface area (Å²) < 4.78 is 28.2. The molecule has 0 fully saturated rings. The molecule has 2 aromatic rings. The van der Waals surface area contributed by atoms with Crippen LogP contribution in [0.5, 0.6) is 0 Å². The third kappa shape index (κ3) is 4.12. The number of rotatable bonds is 6. The van der Waals surface area contributed by atoms with Gasteiger partial charge in [0.05, 0.1) is 22.8 Å². The molecule has 2 aromatic carbocycles. The highest BCUT2D eigenvalue weighted by molar-refractivity contribution is 7.92. The maximum atomic E-state index is 13.3. The highest BCUT2D eigenvalue weighted by Gasteiger charge is 2.31. The summed E-state index contributed by atoms with van der Waals surface area (Å²) in [5.41, 5.74) is 2.88. The Bertz CT molecular complexity index is 877. The Labute approximate surface area is 163 Å². The van der Waals surface area contributed by atoms with Crippen molar-refractivity contribution < 1.29 is 8.42 Å². The van der Waals surface area contributed by atoms with E-state index in [2.05, 4.69) is 23.6 Å². The van der Waals surface area contributed by atoms with Crippen molar-refractivity contribution in [3.63, 3.8) is 0 Å². The van der Waals surface area contributed by atoms with E-state index in [1.807, 2.05) is 50.5 Å². The van der Waals surface area contributed by atoms with E-state index in [-0.39, 0.29) is 0 Å². The number of benzene rings is 2. The number of hydrogen-bond acceptors (Lipinski definition) is 4. The number of fused-ring (bicyclic) bond motifs is 1. The molecule has 1 heterocycles. The molecule has 0 amide bonds. The Morgan fingerprint density at radius 2 is 1.59 bits per heavy atom. The van der Waals surface area contributed by atoms with Crippen LogP contribution in [-0.4, -0.2) is 53.6 Å². The smallest absolute Gasteiger partial charge is 0.264 e. The van der Waals surface area contributed by atoms with E-state index in [1.54, 1.807) is 16.4 Å². The molecule has 0 radical (unpaired) electrons. The second kappa shape index (κ2) is 7.90. The van der Waals surface area contributed by atoms with Crippen LogP contribution in [0.25, 0.3) is 0 Å². The molecule has 5 nitrogen and oxygen atoms in total. The van der Waals surface area contributed by atoms with Crippen LogP contribution in [0.1, 0.15) is 25.3 Å². The van der Waals surface area contributed by atoms with Crippen molar-refractivity contribution >= 4 is 21.4 Å². The summed E-state index contributed by atoms with van der Waals surface area (Å²) >= 11 is 0. The topological polar surface area (TPSA) is 43.9 Å². The van der Waals surface area contributed by atoms with Gasteiger partial charge in [0, 0.05) is 19.6 Å². The Morgan fingerprint density at radius 1 is 0.963 bits per heavy atom. The van der Waals surface area contributed by atoms with Crippen LogP contribution in [0.3, 0.4) is 0 Å². The van der Waals surface area contributed by atoms with Crippen LogP contribution >= 0.6 is 0 Å². The van der Waals surface area contributed by atoms with Crippen molar-refractivity contribution in [2.75, 3.05) is 49.5 Å². The maximum absolute atomic E-state index is 13.3. The van der Waals surface area contributed by atoms with E-state index in [9.17, 15) is 8.42 Å². The molecule has 0 aromatic heterocycles. The van der Waals surface area contributed by atoms with Gasteiger partial charge in [-0.3, -0.25) is 4.31 Å². The van der Waals surface area contributed by atoms with Gasteiger partial charge in [-0.1, -0.05) is 38.1 Å². The lowest BCUT2D eigenvalue weighted by molar-refractivity contribution is 0.413. The molecule has 1 aliphatic heterocycles. The van der Waals surface area contributed by atoms with Crippen molar-refractivity contribution in [1.29, 1.82) is 0 Å². The summed E-state index contributed by atoms with van der Waals surface area (Å²) in [7, 11) is 0.522. The molecule has 0 saturated carbocycles. The lowest BCUT2D eigenvalue weighted by Crippen LogP contribution is -2.45. The van der Waals surface area contributed by atoms with Gasteiger partial charge >= 0.3 is 0 Å². The Morgan fingerprint density at radius 3 is 2.19 bits per heavy atom.